The van der Waals surface area contributed by atoms with Crippen LogP contribution in [0.25, 0.3) is 0 Å². The van der Waals surface area contributed by atoms with Crippen LogP contribution in [0.15, 0.2) is 66.7 Å². The van der Waals surface area contributed by atoms with E-state index in [2.05, 4.69) is 13.8 Å². The van der Waals surface area contributed by atoms with Gasteiger partial charge in [0.05, 0.1) is 18.7 Å². The second-order valence-corrected chi connectivity index (χ2v) is 8.93. The Morgan fingerprint density at radius 2 is 1.54 bits per heavy atom. The van der Waals surface area contributed by atoms with Crippen molar-refractivity contribution < 1.29 is 19.1 Å². The highest BCUT2D eigenvalue weighted by Crippen LogP contribution is 2.28. The number of hydrogen-bond acceptors (Lipinski definition) is 4. The molecule has 3 aromatic rings. The molecule has 35 heavy (non-hydrogen) atoms. The number of carbonyl (C=O) groups is 2. The first-order chi connectivity index (χ1) is 16.8. The fourth-order valence-electron chi connectivity index (χ4n) is 3.51. The van der Waals surface area contributed by atoms with Crippen LogP contribution >= 0.6 is 23.2 Å². The molecule has 0 bridgehead atoms. The molecule has 1 atom stereocenters. The standard InChI is InChI=1S/C28H29Cl2NO4/c1-4-19(3)20-11-15-23(16-12-20)35-18-27(32)31(17-24-25(29)7-6-8-26(24)30)22-13-9-21(10-14-22)28(33)34-5-2/h6-16,19H,4-5,17-18H2,1-3H3. The highest BCUT2D eigenvalue weighted by molar-refractivity contribution is 6.36. The van der Waals surface area contributed by atoms with Gasteiger partial charge in [-0.05, 0) is 73.4 Å². The summed E-state index contributed by atoms with van der Waals surface area (Å²) in [6, 6.07) is 19.6. The zero-order valence-corrected chi connectivity index (χ0v) is 21.6. The van der Waals surface area contributed by atoms with Crippen molar-refractivity contribution in [2.45, 2.75) is 39.7 Å². The second kappa shape index (κ2) is 12.6. The van der Waals surface area contributed by atoms with Gasteiger partial charge in [0.25, 0.3) is 5.91 Å². The lowest BCUT2D eigenvalue weighted by atomic mass is 9.99. The minimum absolute atomic E-state index is 0.145. The van der Waals surface area contributed by atoms with E-state index in [1.54, 1.807) is 49.4 Å². The summed E-state index contributed by atoms with van der Waals surface area (Å²) in [7, 11) is 0. The molecule has 0 aromatic heterocycles. The molecule has 1 unspecified atom stereocenters. The molecule has 1 amide bonds. The summed E-state index contributed by atoms with van der Waals surface area (Å²) in [6.07, 6.45) is 1.05. The number of esters is 1. The Hall–Kier alpha value is -3.02. The zero-order valence-electron chi connectivity index (χ0n) is 20.1. The molecule has 0 spiro atoms. The molecule has 0 N–H and O–H groups in total. The fourth-order valence-corrected chi connectivity index (χ4v) is 4.03. The predicted octanol–water partition coefficient (Wildman–Crippen LogP) is 7.30. The van der Waals surface area contributed by atoms with Crippen molar-refractivity contribution in [3.63, 3.8) is 0 Å². The number of nitrogens with zero attached hydrogens (tertiary/aromatic N) is 1. The summed E-state index contributed by atoms with van der Waals surface area (Å²) in [5.74, 6) is 0.365. The van der Waals surface area contributed by atoms with Gasteiger partial charge in [-0.2, -0.15) is 0 Å². The molecule has 184 valence electrons. The van der Waals surface area contributed by atoms with Crippen LogP contribution in [0, 0.1) is 0 Å². The molecule has 3 rings (SSSR count). The highest BCUT2D eigenvalue weighted by atomic mass is 35.5. The minimum Gasteiger partial charge on any atom is -0.484 e. The average Bonchev–Trinajstić information content (AvgIpc) is 2.87. The number of anilines is 1. The summed E-state index contributed by atoms with van der Waals surface area (Å²) in [4.78, 5) is 26.9. The maximum absolute atomic E-state index is 13.3. The summed E-state index contributed by atoms with van der Waals surface area (Å²) >= 11 is 12.8. The first-order valence-corrected chi connectivity index (χ1v) is 12.3. The molecule has 0 aliphatic carbocycles. The van der Waals surface area contributed by atoms with Gasteiger partial charge in [-0.1, -0.05) is 55.2 Å². The monoisotopic (exact) mass is 513 g/mol. The van der Waals surface area contributed by atoms with Gasteiger partial charge in [-0.15, -0.1) is 0 Å². The molecule has 0 aliphatic heterocycles. The van der Waals surface area contributed by atoms with Gasteiger partial charge in [0.15, 0.2) is 6.61 Å². The largest absolute Gasteiger partial charge is 0.484 e. The van der Waals surface area contributed by atoms with Gasteiger partial charge in [0.2, 0.25) is 0 Å². The van der Waals surface area contributed by atoms with Crippen LogP contribution in [0.1, 0.15) is 54.6 Å². The molecule has 0 aliphatic rings. The van der Waals surface area contributed by atoms with Crippen LogP contribution in [0.5, 0.6) is 5.75 Å². The smallest absolute Gasteiger partial charge is 0.338 e. The van der Waals surface area contributed by atoms with E-state index in [9.17, 15) is 9.59 Å². The molecular formula is C28H29Cl2NO4. The lowest BCUT2D eigenvalue weighted by molar-refractivity contribution is -0.120. The molecule has 7 heteroatoms. The Balaban J connectivity index is 1.82. The summed E-state index contributed by atoms with van der Waals surface area (Å²) < 4.78 is 10.8. The van der Waals surface area contributed by atoms with Gasteiger partial charge in [-0.3, -0.25) is 4.79 Å². The van der Waals surface area contributed by atoms with Crippen molar-refractivity contribution in [1.82, 2.24) is 0 Å². The average molecular weight is 514 g/mol. The highest BCUT2D eigenvalue weighted by Gasteiger charge is 2.20. The topological polar surface area (TPSA) is 55.8 Å². The zero-order chi connectivity index (χ0) is 25.4. The van der Waals surface area contributed by atoms with E-state index in [0.29, 0.717) is 38.5 Å². The fraction of sp³-hybridized carbons (Fsp3) is 0.286. The molecule has 0 saturated heterocycles. The first-order valence-electron chi connectivity index (χ1n) is 11.6. The first kappa shape index (κ1) is 26.6. The van der Waals surface area contributed by atoms with Crippen LogP contribution in [0.3, 0.4) is 0 Å². The molecule has 0 fully saturated rings. The maximum atomic E-state index is 13.3. The molecule has 5 nitrogen and oxygen atoms in total. The Labute approximate surface area is 216 Å². The lowest BCUT2D eigenvalue weighted by Crippen LogP contribution is -2.34. The summed E-state index contributed by atoms with van der Waals surface area (Å²) in [5, 5.41) is 0.917. The Kier molecular flexibility index (Phi) is 9.58. The lowest BCUT2D eigenvalue weighted by Gasteiger charge is -2.24. The van der Waals surface area contributed by atoms with Gasteiger partial charge in [-0.25, -0.2) is 4.79 Å². The van der Waals surface area contributed by atoms with Crippen molar-refractivity contribution in [2.24, 2.45) is 0 Å². The third-order valence-electron chi connectivity index (χ3n) is 5.79. The van der Waals surface area contributed by atoms with Crippen LogP contribution in [0.2, 0.25) is 10.0 Å². The SMILES string of the molecule is CCOC(=O)c1ccc(N(Cc2c(Cl)cccc2Cl)C(=O)COc2ccc(C(C)CC)cc2)cc1. The molecule has 0 radical (unpaired) electrons. The number of amides is 1. The van der Waals surface area contributed by atoms with Crippen molar-refractivity contribution >= 4 is 40.8 Å². The van der Waals surface area contributed by atoms with Crippen LogP contribution in [-0.2, 0) is 16.1 Å². The van der Waals surface area contributed by atoms with Crippen molar-refractivity contribution in [3.8, 4) is 5.75 Å². The van der Waals surface area contributed by atoms with Gasteiger partial charge in [0.1, 0.15) is 5.75 Å². The normalized spacial score (nSPS) is 11.6. The second-order valence-electron chi connectivity index (χ2n) is 8.11. The minimum atomic E-state index is -0.421. The van der Waals surface area contributed by atoms with E-state index in [0.717, 1.165) is 6.42 Å². The van der Waals surface area contributed by atoms with Crippen molar-refractivity contribution in [2.75, 3.05) is 18.1 Å². The number of ether oxygens (including phenoxy) is 2. The third kappa shape index (κ3) is 7.00. The quantitative estimate of drug-likeness (QED) is 0.267. The van der Waals surface area contributed by atoms with E-state index in [1.165, 1.54) is 10.5 Å². The van der Waals surface area contributed by atoms with Gasteiger partial charge in [0, 0.05) is 21.3 Å². The van der Waals surface area contributed by atoms with Crippen molar-refractivity contribution in [1.29, 1.82) is 0 Å². The van der Waals surface area contributed by atoms with Gasteiger partial charge < -0.3 is 14.4 Å². The van der Waals surface area contributed by atoms with Crippen LogP contribution in [-0.4, -0.2) is 25.1 Å². The predicted molar refractivity (Wildman–Crippen MR) is 141 cm³/mol. The molecule has 0 saturated carbocycles. The van der Waals surface area contributed by atoms with E-state index in [-0.39, 0.29) is 25.7 Å². The van der Waals surface area contributed by atoms with Crippen LogP contribution < -0.4 is 9.64 Å². The number of halogens is 2. The number of benzene rings is 3. The van der Waals surface area contributed by atoms with Crippen LogP contribution in [0.4, 0.5) is 5.69 Å². The third-order valence-corrected chi connectivity index (χ3v) is 6.50. The van der Waals surface area contributed by atoms with Crippen molar-refractivity contribution in [3.05, 3.63) is 93.5 Å². The van der Waals surface area contributed by atoms with E-state index < -0.39 is 5.97 Å². The maximum Gasteiger partial charge on any atom is 0.338 e. The number of carbonyl (C=O) groups excluding carboxylic acids is 2. The molecular weight excluding hydrogens is 485 g/mol. The molecule has 3 aromatic carbocycles. The Morgan fingerprint density at radius 3 is 2.11 bits per heavy atom. The van der Waals surface area contributed by atoms with E-state index >= 15 is 0 Å². The summed E-state index contributed by atoms with van der Waals surface area (Å²) in [6.45, 7) is 6.32. The Bertz CT molecular complexity index is 1130. The Morgan fingerprint density at radius 1 is 0.914 bits per heavy atom. The van der Waals surface area contributed by atoms with E-state index in [4.69, 9.17) is 32.7 Å². The summed E-state index contributed by atoms with van der Waals surface area (Å²) in [5.41, 5.74) is 2.82. The van der Waals surface area contributed by atoms with E-state index in [1.807, 2.05) is 24.3 Å². The number of rotatable bonds is 10. The van der Waals surface area contributed by atoms with Gasteiger partial charge >= 0.3 is 5.97 Å². The number of hydrogen-bond donors (Lipinski definition) is 0. The molecule has 0 heterocycles.